The monoisotopic (exact) mass is 536 g/mol. The number of carbonyl (C=O) groups is 2. The molecular weight excluding hydrogens is 496 g/mol. The van der Waals surface area contributed by atoms with Crippen molar-refractivity contribution in [2.75, 3.05) is 7.11 Å². The van der Waals surface area contributed by atoms with Crippen molar-refractivity contribution < 1.29 is 33.6 Å². The number of methoxy groups -OCH3 is 1. The number of esters is 2. The van der Waals surface area contributed by atoms with Crippen molar-refractivity contribution in [2.24, 2.45) is 23.2 Å². The molecular formula is C32H40O7. The van der Waals surface area contributed by atoms with Gasteiger partial charge >= 0.3 is 11.9 Å². The largest absolute Gasteiger partial charge is 0.495 e. The second-order valence-corrected chi connectivity index (χ2v) is 12.1. The number of benzene rings is 2. The number of carbonyl (C=O) groups excluding carboxylic acids is 2. The minimum absolute atomic E-state index is 0.0487. The zero-order valence-electron chi connectivity index (χ0n) is 23.9. The van der Waals surface area contributed by atoms with Gasteiger partial charge in [0.1, 0.15) is 23.7 Å². The van der Waals surface area contributed by atoms with E-state index in [1.807, 2.05) is 40.7 Å². The first-order chi connectivity index (χ1) is 18.6. The van der Waals surface area contributed by atoms with Gasteiger partial charge in [0, 0.05) is 16.7 Å². The number of aryl methyl sites for hydroxylation is 1. The van der Waals surface area contributed by atoms with Crippen molar-refractivity contribution >= 4 is 11.9 Å². The highest BCUT2D eigenvalue weighted by atomic mass is 16.6. The molecule has 0 unspecified atom stereocenters. The summed E-state index contributed by atoms with van der Waals surface area (Å²) in [5.41, 5.74) is 2.56. The molecule has 0 radical (unpaired) electrons. The minimum Gasteiger partial charge on any atom is -0.495 e. The summed E-state index contributed by atoms with van der Waals surface area (Å²) in [5, 5.41) is 10.9. The van der Waals surface area contributed by atoms with E-state index in [1.165, 1.54) is 13.5 Å². The van der Waals surface area contributed by atoms with Crippen molar-refractivity contribution in [2.45, 2.75) is 85.9 Å². The molecule has 4 atom stereocenters. The Kier molecular flexibility index (Phi) is 7.40. The van der Waals surface area contributed by atoms with Crippen LogP contribution in [-0.4, -0.2) is 24.2 Å². The van der Waals surface area contributed by atoms with Gasteiger partial charge in [-0.1, -0.05) is 27.2 Å². The van der Waals surface area contributed by atoms with E-state index >= 15 is 0 Å². The maximum Gasteiger partial charge on any atom is 0.346 e. The lowest BCUT2D eigenvalue weighted by atomic mass is 9.75. The number of cyclic esters (lactones) is 1. The van der Waals surface area contributed by atoms with Crippen LogP contribution in [0.1, 0.15) is 98.5 Å². The van der Waals surface area contributed by atoms with E-state index in [9.17, 15) is 14.7 Å². The molecule has 7 heteroatoms. The van der Waals surface area contributed by atoms with Gasteiger partial charge in [0.25, 0.3) is 0 Å². The predicted octanol–water partition coefficient (Wildman–Crippen LogP) is 6.84. The highest BCUT2D eigenvalue weighted by Gasteiger charge is 2.53. The number of hydrogen-bond acceptors (Lipinski definition) is 7. The Morgan fingerprint density at radius 2 is 2.00 bits per heavy atom. The lowest BCUT2D eigenvalue weighted by Gasteiger charge is -2.32. The van der Waals surface area contributed by atoms with Gasteiger partial charge in [-0.3, -0.25) is 4.79 Å². The first-order valence-electron chi connectivity index (χ1n) is 14.2. The number of hydrogen-bond donors (Lipinski definition) is 1. The molecule has 210 valence electrons. The highest BCUT2D eigenvalue weighted by molar-refractivity contribution is 5.97. The van der Waals surface area contributed by atoms with Crippen molar-refractivity contribution in [1.29, 1.82) is 0 Å². The molecule has 2 aliphatic carbocycles. The Morgan fingerprint density at radius 3 is 2.62 bits per heavy atom. The number of fused-ring (bicyclic) bond motifs is 4. The SMILES string of the molecule is CCc1c(C)cc2c(c1OC(=O)[C@@]1(C)C[C@@H]3CC[C@H]1C3)Oc1ccc([C@@H](O)CC(C)C)c(OC)c1C(=O)OC2. The Bertz CT molecular complexity index is 1300. The van der Waals surface area contributed by atoms with Gasteiger partial charge in [0.05, 0.1) is 18.6 Å². The van der Waals surface area contributed by atoms with E-state index in [4.69, 9.17) is 18.9 Å². The second-order valence-electron chi connectivity index (χ2n) is 12.1. The Morgan fingerprint density at radius 1 is 1.23 bits per heavy atom. The smallest absolute Gasteiger partial charge is 0.346 e. The molecule has 39 heavy (non-hydrogen) atoms. The van der Waals surface area contributed by atoms with Gasteiger partial charge < -0.3 is 24.1 Å². The predicted molar refractivity (Wildman–Crippen MR) is 146 cm³/mol. The van der Waals surface area contributed by atoms with Crippen LogP contribution in [0.2, 0.25) is 0 Å². The van der Waals surface area contributed by atoms with Gasteiger partial charge in [0.15, 0.2) is 11.5 Å². The fourth-order valence-electron chi connectivity index (χ4n) is 6.95. The van der Waals surface area contributed by atoms with Crippen LogP contribution in [0.3, 0.4) is 0 Å². The number of aliphatic hydroxyl groups excluding tert-OH is 1. The molecule has 2 aromatic carbocycles. The van der Waals surface area contributed by atoms with Gasteiger partial charge in [-0.05, 0) is 87.5 Å². The number of rotatable bonds is 7. The van der Waals surface area contributed by atoms with Crippen LogP contribution >= 0.6 is 0 Å². The summed E-state index contributed by atoms with van der Waals surface area (Å²) in [6.45, 7) is 10.0. The summed E-state index contributed by atoms with van der Waals surface area (Å²) in [4.78, 5) is 27.0. The molecule has 2 aromatic rings. The van der Waals surface area contributed by atoms with Crippen LogP contribution in [0.5, 0.6) is 23.0 Å². The van der Waals surface area contributed by atoms with E-state index in [0.29, 0.717) is 47.3 Å². The summed E-state index contributed by atoms with van der Waals surface area (Å²) in [6.07, 6.45) is 4.53. The van der Waals surface area contributed by atoms with Crippen LogP contribution in [0, 0.1) is 30.1 Å². The maximum absolute atomic E-state index is 13.7. The summed E-state index contributed by atoms with van der Waals surface area (Å²) >= 11 is 0. The van der Waals surface area contributed by atoms with Gasteiger partial charge in [-0.15, -0.1) is 0 Å². The van der Waals surface area contributed by atoms with Crippen LogP contribution in [-0.2, 0) is 22.6 Å². The highest BCUT2D eigenvalue weighted by Crippen LogP contribution is 2.57. The molecule has 1 aliphatic heterocycles. The van der Waals surface area contributed by atoms with E-state index < -0.39 is 17.5 Å². The van der Waals surface area contributed by atoms with E-state index in [0.717, 1.165) is 30.4 Å². The lowest BCUT2D eigenvalue weighted by Crippen LogP contribution is -2.37. The van der Waals surface area contributed by atoms with Gasteiger partial charge in [0.2, 0.25) is 0 Å². The van der Waals surface area contributed by atoms with Crippen LogP contribution in [0.25, 0.3) is 0 Å². The Balaban J connectivity index is 1.59. The topological polar surface area (TPSA) is 91.3 Å². The molecule has 2 fully saturated rings. The molecule has 0 saturated heterocycles. The number of aliphatic hydroxyl groups is 1. The summed E-state index contributed by atoms with van der Waals surface area (Å²) in [7, 11) is 1.46. The molecule has 1 heterocycles. The molecule has 2 saturated carbocycles. The Hall–Kier alpha value is -3.06. The lowest BCUT2D eigenvalue weighted by molar-refractivity contribution is -0.148. The summed E-state index contributed by atoms with van der Waals surface area (Å²) in [5.74, 6) is 1.59. The van der Waals surface area contributed by atoms with E-state index in [-0.39, 0.29) is 35.6 Å². The molecule has 0 aromatic heterocycles. The third kappa shape index (κ3) is 4.79. The van der Waals surface area contributed by atoms with Crippen molar-refractivity contribution in [3.63, 3.8) is 0 Å². The fourth-order valence-corrected chi connectivity index (χ4v) is 6.95. The zero-order valence-corrected chi connectivity index (χ0v) is 23.9. The summed E-state index contributed by atoms with van der Waals surface area (Å²) < 4.78 is 24.1. The standard InChI is InChI=1S/C32H40O7/c1-7-22-18(4)13-20-16-37-30(34)26-25(11-10-23(28(26)36-6)24(33)12-17(2)3)38-27(20)29(22)39-31(35)32(5)15-19-8-9-21(32)14-19/h10-11,13,17,19,21,24,33H,7-9,12,14-16H2,1-6H3/t19-,21+,24+,32+/m1/s1. The minimum atomic E-state index is -0.816. The number of ether oxygens (including phenoxy) is 4. The normalized spacial score (nSPS) is 24.3. The van der Waals surface area contributed by atoms with Gasteiger partial charge in [-0.2, -0.15) is 0 Å². The Labute approximate surface area is 230 Å². The quantitative estimate of drug-likeness (QED) is 0.306. The first kappa shape index (κ1) is 27.5. The van der Waals surface area contributed by atoms with Crippen molar-refractivity contribution in [3.05, 3.63) is 46.0 Å². The van der Waals surface area contributed by atoms with Crippen LogP contribution < -0.4 is 14.2 Å². The van der Waals surface area contributed by atoms with E-state index in [1.54, 1.807) is 12.1 Å². The molecule has 1 N–H and O–H groups in total. The van der Waals surface area contributed by atoms with Crippen LogP contribution in [0.15, 0.2) is 18.2 Å². The zero-order chi connectivity index (χ0) is 28.1. The van der Waals surface area contributed by atoms with Crippen molar-refractivity contribution in [1.82, 2.24) is 0 Å². The summed E-state index contributed by atoms with van der Waals surface area (Å²) in [6, 6.07) is 5.30. The second kappa shape index (κ2) is 10.5. The van der Waals surface area contributed by atoms with Crippen molar-refractivity contribution in [3.8, 4) is 23.0 Å². The first-order valence-corrected chi connectivity index (χ1v) is 14.2. The van der Waals surface area contributed by atoms with E-state index in [2.05, 4.69) is 0 Å². The van der Waals surface area contributed by atoms with Crippen LogP contribution in [0.4, 0.5) is 0 Å². The molecule has 3 aliphatic rings. The molecule has 2 bridgehead atoms. The maximum atomic E-state index is 13.7. The molecule has 0 spiro atoms. The fraction of sp³-hybridized carbons (Fsp3) is 0.562. The third-order valence-corrected chi connectivity index (χ3v) is 8.99. The third-order valence-electron chi connectivity index (χ3n) is 8.99. The molecule has 5 rings (SSSR count). The molecule has 7 nitrogen and oxygen atoms in total. The molecule has 0 amide bonds. The average Bonchev–Trinajstić information content (AvgIpc) is 3.48. The van der Waals surface area contributed by atoms with Gasteiger partial charge in [-0.25, -0.2) is 4.79 Å². The average molecular weight is 537 g/mol.